The number of nitro groups is 1. The fraction of sp³-hybridized carbons (Fsp3) is 0.333. The molecule has 0 saturated carbocycles. The van der Waals surface area contributed by atoms with Gasteiger partial charge in [-0.05, 0) is 38.0 Å². The van der Waals surface area contributed by atoms with Crippen LogP contribution in [0, 0.1) is 10.1 Å². The number of aromatic hydroxyl groups is 1. The Hall–Kier alpha value is -3.88. The van der Waals surface area contributed by atoms with Gasteiger partial charge in [0.2, 0.25) is 11.8 Å². The highest BCUT2D eigenvalue weighted by Gasteiger charge is 2.25. The van der Waals surface area contributed by atoms with Crippen molar-refractivity contribution in [3.05, 3.63) is 69.8 Å². The van der Waals surface area contributed by atoms with E-state index < -0.39 is 11.0 Å². The summed E-state index contributed by atoms with van der Waals surface area (Å²) in [6.07, 6.45) is 4.78. The van der Waals surface area contributed by atoms with Gasteiger partial charge in [0, 0.05) is 24.6 Å². The molecule has 2 aromatic rings. The zero-order valence-corrected chi connectivity index (χ0v) is 18.7. The van der Waals surface area contributed by atoms with E-state index in [0.29, 0.717) is 30.7 Å². The molecule has 0 radical (unpaired) electrons. The first-order chi connectivity index (χ1) is 15.8. The fourth-order valence-electron chi connectivity index (χ4n) is 3.29. The van der Waals surface area contributed by atoms with Gasteiger partial charge in [0.25, 0.3) is 5.69 Å². The fourth-order valence-corrected chi connectivity index (χ4v) is 3.29. The number of carbonyl (C=O) groups excluding carboxylic acids is 2. The highest BCUT2D eigenvalue weighted by molar-refractivity contribution is 5.80. The first kappa shape index (κ1) is 25.4. The Labute approximate surface area is 192 Å². The number of nitrogens with zero attached hydrogens (tertiary/aromatic N) is 1. The van der Waals surface area contributed by atoms with E-state index in [1.165, 1.54) is 6.07 Å². The highest BCUT2D eigenvalue weighted by Crippen LogP contribution is 2.27. The van der Waals surface area contributed by atoms with Crippen LogP contribution in [0.1, 0.15) is 49.8 Å². The molecule has 33 heavy (non-hydrogen) atoms. The molecule has 1 atom stereocenters. The van der Waals surface area contributed by atoms with Gasteiger partial charge in [-0.2, -0.15) is 0 Å². The molecule has 0 aromatic heterocycles. The van der Waals surface area contributed by atoms with E-state index in [4.69, 9.17) is 4.74 Å². The minimum absolute atomic E-state index is 0.0978. The molecule has 0 aliphatic heterocycles. The lowest BCUT2D eigenvalue weighted by atomic mass is 10.0. The number of benzene rings is 2. The number of carbonyl (C=O) groups is 2. The van der Waals surface area contributed by atoms with Gasteiger partial charge in [-0.3, -0.25) is 19.7 Å². The van der Waals surface area contributed by atoms with E-state index in [2.05, 4.69) is 10.6 Å². The minimum atomic E-state index is -0.810. The summed E-state index contributed by atoms with van der Waals surface area (Å²) in [6, 6.07) is 10.2. The average molecular weight is 456 g/mol. The lowest BCUT2D eigenvalue weighted by Crippen LogP contribution is -2.34. The van der Waals surface area contributed by atoms with Crippen LogP contribution < -0.4 is 15.4 Å². The minimum Gasteiger partial charge on any atom is -0.507 e. The van der Waals surface area contributed by atoms with Crippen molar-refractivity contribution < 1.29 is 24.4 Å². The van der Waals surface area contributed by atoms with Crippen molar-refractivity contribution >= 4 is 23.6 Å². The zero-order chi connectivity index (χ0) is 24.2. The molecule has 0 heterocycles. The van der Waals surface area contributed by atoms with Crippen molar-refractivity contribution in [2.45, 2.75) is 38.6 Å². The molecule has 0 bridgehead atoms. The van der Waals surface area contributed by atoms with Crippen LogP contribution in [0.2, 0.25) is 0 Å². The average Bonchev–Trinajstić information content (AvgIpc) is 2.79. The molecule has 0 aliphatic rings. The van der Waals surface area contributed by atoms with E-state index in [1.54, 1.807) is 56.5 Å². The summed E-state index contributed by atoms with van der Waals surface area (Å²) < 4.78 is 5.14. The lowest BCUT2D eigenvalue weighted by molar-refractivity contribution is -0.385. The molecule has 1 unspecified atom stereocenters. The number of nitro benzene ring substituents is 1. The molecule has 176 valence electrons. The van der Waals surface area contributed by atoms with Crippen molar-refractivity contribution in [3.63, 3.8) is 0 Å². The first-order valence-electron chi connectivity index (χ1n) is 10.7. The van der Waals surface area contributed by atoms with Crippen LogP contribution in [0.25, 0.3) is 6.08 Å². The summed E-state index contributed by atoms with van der Waals surface area (Å²) in [6.45, 7) is 2.20. The second-order valence-corrected chi connectivity index (χ2v) is 7.31. The smallest absolute Gasteiger partial charge is 0.274 e. The zero-order valence-electron chi connectivity index (χ0n) is 18.7. The second-order valence-electron chi connectivity index (χ2n) is 7.31. The van der Waals surface area contributed by atoms with Crippen molar-refractivity contribution in [1.29, 1.82) is 0 Å². The molecule has 2 rings (SSSR count). The maximum atomic E-state index is 12.5. The van der Waals surface area contributed by atoms with Gasteiger partial charge >= 0.3 is 0 Å². The number of hydrogen-bond donors (Lipinski definition) is 3. The molecule has 9 nitrogen and oxygen atoms in total. The van der Waals surface area contributed by atoms with Crippen molar-refractivity contribution in [2.75, 3.05) is 13.7 Å². The summed E-state index contributed by atoms with van der Waals surface area (Å²) >= 11 is 0. The predicted octanol–water partition coefficient (Wildman–Crippen LogP) is 3.88. The molecular formula is C24H29N3O6. The van der Waals surface area contributed by atoms with Gasteiger partial charge in [-0.25, -0.2) is 0 Å². The van der Waals surface area contributed by atoms with Gasteiger partial charge < -0.3 is 20.5 Å². The Morgan fingerprint density at radius 3 is 2.67 bits per heavy atom. The van der Waals surface area contributed by atoms with E-state index in [9.17, 15) is 24.8 Å². The predicted molar refractivity (Wildman–Crippen MR) is 125 cm³/mol. The summed E-state index contributed by atoms with van der Waals surface area (Å²) in [7, 11) is 1.54. The third-order valence-corrected chi connectivity index (χ3v) is 4.91. The number of phenols is 1. The van der Waals surface area contributed by atoms with Gasteiger partial charge in [0.1, 0.15) is 11.5 Å². The number of rotatable bonds is 12. The maximum absolute atomic E-state index is 12.5. The van der Waals surface area contributed by atoms with Crippen LogP contribution in [0.4, 0.5) is 5.69 Å². The van der Waals surface area contributed by atoms with Gasteiger partial charge in [0.05, 0.1) is 30.1 Å². The molecule has 0 aliphatic carbocycles. The second kappa shape index (κ2) is 12.8. The van der Waals surface area contributed by atoms with Crippen molar-refractivity contribution in [3.8, 4) is 11.5 Å². The third-order valence-electron chi connectivity index (χ3n) is 4.91. The first-order valence-corrected chi connectivity index (χ1v) is 10.7. The summed E-state index contributed by atoms with van der Waals surface area (Å²) in [4.78, 5) is 35.5. The number of para-hydroxylation sites is 1. The number of nitrogens with one attached hydrogen (secondary N) is 2. The molecule has 0 spiro atoms. The van der Waals surface area contributed by atoms with Crippen LogP contribution in [0.5, 0.6) is 11.5 Å². The van der Waals surface area contributed by atoms with E-state index >= 15 is 0 Å². The Bertz CT molecular complexity index is 1010. The van der Waals surface area contributed by atoms with E-state index in [-0.39, 0.29) is 41.7 Å². The Morgan fingerprint density at radius 1 is 1.21 bits per heavy atom. The number of allylic oxidation sites excluding steroid dienone is 1. The van der Waals surface area contributed by atoms with Crippen LogP contribution in [-0.2, 0) is 9.59 Å². The van der Waals surface area contributed by atoms with Crippen LogP contribution >= 0.6 is 0 Å². The normalized spacial score (nSPS) is 11.7. The van der Waals surface area contributed by atoms with Crippen molar-refractivity contribution in [2.24, 2.45) is 0 Å². The van der Waals surface area contributed by atoms with Gasteiger partial charge in [0.15, 0.2) is 0 Å². The quantitative estimate of drug-likeness (QED) is 0.253. The van der Waals surface area contributed by atoms with Crippen LogP contribution in [0.15, 0.2) is 48.5 Å². The standard InChI is InChI=1S/C24H29N3O6/c1-3-25-24(30)16-20(19-10-7-8-11-21(19)27(31)32)26-23(29)12-6-4-5-9-17-15-18(33-2)13-14-22(17)28/h5,7-11,13-15,20,28H,3-4,6,12,16H2,1-2H3,(H,25,30)(H,26,29)/b9-5+. The van der Waals surface area contributed by atoms with Crippen LogP contribution in [0.3, 0.4) is 0 Å². The number of amides is 2. The number of hydrogen-bond acceptors (Lipinski definition) is 6. The SMILES string of the molecule is CCNC(=O)CC(NC(=O)CCC/C=C/c1cc(OC)ccc1O)c1ccccc1[N+](=O)[O-]. The van der Waals surface area contributed by atoms with Crippen molar-refractivity contribution in [1.82, 2.24) is 10.6 Å². The summed E-state index contributed by atoms with van der Waals surface area (Å²) in [5.74, 6) is 0.143. The van der Waals surface area contributed by atoms with E-state index in [1.807, 2.05) is 6.08 Å². The number of methoxy groups -OCH3 is 1. The summed E-state index contributed by atoms with van der Waals surface area (Å²) in [5, 5.41) is 26.7. The largest absolute Gasteiger partial charge is 0.507 e. The molecule has 2 amide bonds. The van der Waals surface area contributed by atoms with Gasteiger partial charge in [-0.15, -0.1) is 0 Å². The molecule has 9 heteroatoms. The monoisotopic (exact) mass is 455 g/mol. The Balaban J connectivity index is 1.99. The Kier molecular flexibility index (Phi) is 9.88. The summed E-state index contributed by atoms with van der Waals surface area (Å²) in [5.41, 5.74) is 0.751. The maximum Gasteiger partial charge on any atom is 0.274 e. The molecule has 0 fully saturated rings. The molecule has 2 aromatic carbocycles. The van der Waals surface area contributed by atoms with Crippen LogP contribution in [-0.4, -0.2) is 35.5 Å². The Morgan fingerprint density at radius 2 is 1.97 bits per heavy atom. The lowest BCUT2D eigenvalue weighted by Gasteiger charge is -2.19. The highest BCUT2D eigenvalue weighted by atomic mass is 16.6. The molecule has 3 N–H and O–H groups in total. The van der Waals surface area contributed by atoms with Gasteiger partial charge in [-0.1, -0.05) is 30.4 Å². The number of phenolic OH excluding ortho intramolecular Hbond substituents is 1. The molecular weight excluding hydrogens is 426 g/mol. The van der Waals surface area contributed by atoms with E-state index in [0.717, 1.165) is 0 Å². The number of ether oxygens (including phenoxy) is 1. The topological polar surface area (TPSA) is 131 Å². The molecule has 0 saturated heterocycles. The third kappa shape index (κ3) is 7.95. The number of unbranched alkanes of at least 4 members (excludes halogenated alkanes) is 1.